The van der Waals surface area contributed by atoms with Crippen LogP contribution in [0.2, 0.25) is 15.1 Å². The number of thioether (sulfide) groups is 1. The van der Waals surface area contributed by atoms with Gasteiger partial charge in [-0.25, -0.2) is 0 Å². The first-order chi connectivity index (χ1) is 14.3. The van der Waals surface area contributed by atoms with Gasteiger partial charge in [-0.15, -0.1) is 16.8 Å². The zero-order valence-corrected chi connectivity index (χ0v) is 20.0. The third kappa shape index (κ3) is 5.33. The van der Waals surface area contributed by atoms with Crippen LogP contribution in [0.4, 0.5) is 0 Å². The second-order valence-corrected chi connectivity index (χ2v) is 9.04. The summed E-state index contributed by atoms with van der Waals surface area (Å²) in [7, 11) is 0. The monoisotopic (exact) mass is 481 g/mol. The molecule has 0 saturated heterocycles. The van der Waals surface area contributed by atoms with Crippen molar-refractivity contribution in [2.45, 2.75) is 44.3 Å². The summed E-state index contributed by atoms with van der Waals surface area (Å²) in [5.74, 6) is 2.17. The van der Waals surface area contributed by atoms with E-state index in [1.54, 1.807) is 17.8 Å². The van der Waals surface area contributed by atoms with E-state index in [9.17, 15) is 0 Å². The molecule has 0 aliphatic carbocycles. The molecule has 0 spiro atoms. The fraction of sp³-hybridized carbons (Fsp3) is 0.273. The van der Waals surface area contributed by atoms with E-state index in [2.05, 4.69) is 16.8 Å². The Morgan fingerprint density at radius 3 is 2.43 bits per heavy atom. The summed E-state index contributed by atoms with van der Waals surface area (Å²) < 4.78 is 8.16. The van der Waals surface area contributed by atoms with Gasteiger partial charge in [0.2, 0.25) is 0 Å². The van der Waals surface area contributed by atoms with E-state index < -0.39 is 0 Å². The van der Waals surface area contributed by atoms with Crippen molar-refractivity contribution in [1.29, 1.82) is 0 Å². The van der Waals surface area contributed by atoms with Gasteiger partial charge < -0.3 is 4.74 Å². The summed E-state index contributed by atoms with van der Waals surface area (Å²) in [5, 5.41) is 11.4. The van der Waals surface area contributed by atoms with Gasteiger partial charge in [-0.05, 0) is 61.7 Å². The van der Waals surface area contributed by atoms with Crippen LogP contribution < -0.4 is 4.74 Å². The molecule has 0 saturated carbocycles. The molecule has 8 heteroatoms. The zero-order valence-electron chi connectivity index (χ0n) is 17.0. The molecule has 1 heterocycles. The van der Waals surface area contributed by atoms with Gasteiger partial charge in [0.05, 0.1) is 10.0 Å². The van der Waals surface area contributed by atoms with Crippen molar-refractivity contribution in [2.24, 2.45) is 0 Å². The van der Waals surface area contributed by atoms with Crippen LogP contribution in [0.25, 0.3) is 0 Å². The first kappa shape index (κ1) is 23.0. The highest BCUT2D eigenvalue weighted by Gasteiger charge is 2.20. The molecule has 3 rings (SSSR count). The van der Waals surface area contributed by atoms with Crippen LogP contribution >= 0.6 is 46.6 Å². The first-order valence-electron chi connectivity index (χ1n) is 9.34. The largest absolute Gasteiger partial charge is 0.483 e. The molecule has 0 fully saturated rings. The van der Waals surface area contributed by atoms with Crippen LogP contribution in [-0.4, -0.2) is 14.8 Å². The molecule has 4 nitrogen and oxygen atoms in total. The Balaban J connectivity index is 1.79. The molecular formula is C22H22Cl3N3OS. The van der Waals surface area contributed by atoms with Gasteiger partial charge in [-0.3, -0.25) is 4.57 Å². The lowest BCUT2D eigenvalue weighted by atomic mass is 10.1. The molecule has 0 bridgehead atoms. The van der Waals surface area contributed by atoms with E-state index in [4.69, 9.17) is 39.5 Å². The Labute approximate surface area is 196 Å². The lowest BCUT2D eigenvalue weighted by Crippen LogP contribution is -2.12. The topological polar surface area (TPSA) is 39.9 Å². The van der Waals surface area contributed by atoms with Crippen molar-refractivity contribution in [3.05, 3.63) is 80.6 Å². The van der Waals surface area contributed by atoms with Crippen LogP contribution in [0.1, 0.15) is 35.5 Å². The molecule has 158 valence electrons. The molecule has 1 atom stereocenters. The SMILES string of the molecule is C=CCn1c(SCc2ccc(Cl)c(Cl)c2)nnc1C(C)Oc1cc(C)c(Cl)c(C)c1. The second kappa shape index (κ2) is 10.1. The summed E-state index contributed by atoms with van der Waals surface area (Å²) in [6, 6.07) is 9.47. The third-order valence-electron chi connectivity index (χ3n) is 4.50. The van der Waals surface area contributed by atoms with E-state index in [1.165, 1.54) is 0 Å². The van der Waals surface area contributed by atoms with Crippen molar-refractivity contribution in [3.8, 4) is 5.75 Å². The predicted molar refractivity (Wildman–Crippen MR) is 126 cm³/mol. The maximum absolute atomic E-state index is 6.27. The van der Waals surface area contributed by atoms with Crippen molar-refractivity contribution >= 4 is 46.6 Å². The van der Waals surface area contributed by atoms with Crippen molar-refractivity contribution in [3.63, 3.8) is 0 Å². The first-order valence-corrected chi connectivity index (χ1v) is 11.5. The maximum Gasteiger partial charge on any atom is 0.191 e. The lowest BCUT2D eigenvalue weighted by molar-refractivity contribution is 0.210. The minimum Gasteiger partial charge on any atom is -0.483 e. The van der Waals surface area contributed by atoms with E-state index in [0.717, 1.165) is 38.4 Å². The number of benzene rings is 2. The van der Waals surface area contributed by atoms with Gasteiger partial charge >= 0.3 is 0 Å². The number of hydrogen-bond acceptors (Lipinski definition) is 4. The Kier molecular flexibility index (Phi) is 7.75. The quantitative estimate of drug-likeness (QED) is 0.246. The molecule has 3 aromatic rings. The summed E-state index contributed by atoms with van der Waals surface area (Å²) in [6.07, 6.45) is 1.52. The van der Waals surface area contributed by atoms with Crippen LogP contribution in [-0.2, 0) is 12.3 Å². The Morgan fingerprint density at radius 2 is 1.80 bits per heavy atom. The minimum atomic E-state index is -0.295. The predicted octanol–water partition coefficient (Wildman–Crippen LogP) is 7.47. The number of hydrogen-bond donors (Lipinski definition) is 0. The number of rotatable bonds is 8. The Morgan fingerprint density at radius 1 is 1.10 bits per heavy atom. The number of aromatic nitrogens is 3. The molecule has 0 radical (unpaired) electrons. The molecule has 1 aromatic heterocycles. The van der Waals surface area contributed by atoms with E-state index in [1.807, 2.05) is 55.7 Å². The molecule has 0 aliphatic heterocycles. The lowest BCUT2D eigenvalue weighted by Gasteiger charge is -2.17. The van der Waals surface area contributed by atoms with Crippen molar-refractivity contribution in [1.82, 2.24) is 14.8 Å². The van der Waals surface area contributed by atoms with E-state index in [-0.39, 0.29) is 6.10 Å². The van der Waals surface area contributed by atoms with Crippen molar-refractivity contribution < 1.29 is 4.74 Å². The highest BCUT2D eigenvalue weighted by molar-refractivity contribution is 7.98. The van der Waals surface area contributed by atoms with Gasteiger partial charge in [0.1, 0.15) is 5.75 Å². The summed E-state index contributed by atoms with van der Waals surface area (Å²) >= 11 is 20.0. The van der Waals surface area contributed by atoms with Gasteiger partial charge in [-0.2, -0.15) is 0 Å². The van der Waals surface area contributed by atoms with Crippen LogP contribution in [0.15, 0.2) is 48.1 Å². The van der Waals surface area contributed by atoms with Crippen LogP contribution in [0.3, 0.4) is 0 Å². The second-order valence-electron chi connectivity index (χ2n) is 6.91. The Hall–Kier alpha value is -1.66. The smallest absolute Gasteiger partial charge is 0.191 e. The van der Waals surface area contributed by atoms with Gasteiger partial charge in [-0.1, -0.05) is 58.7 Å². The third-order valence-corrected chi connectivity index (χ3v) is 6.87. The molecule has 2 aromatic carbocycles. The molecule has 0 N–H and O–H groups in total. The van der Waals surface area contributed by atoms with Gasteiger partial charge in [0, 0.05) is 17.3 Å². The number of halogens is 3. The van der Waals surface area contributed by atoms with Crippen molar-refractivity contribution in [2.75, 3.05) is 0 Å². The highest BCUT2D eigenvalue weighted by atomic mass is 35.5. The fourth-order valence-electron chi connectivity index (χ4n) is 3.02. The number of nitrogens with zero attached hydrogens (tertiary/aromatic N) is 3. The summed E-state index contributed by atoms with van der Waals surface area (Å²) in [5.41, 5.74) is 3.01. The zero-order chi connectivity index (χ0) is 21.8. The average Bonchev–Trinajstić information content (AvgIpc) is 3.10. The van der Waals surface area contributed by atoms with Gasteiger partial charge in [0.15, 0.2) is 17.1 Å². The van der Waals surface area contributed by atoms with E-state index in [0.29, 0.717) is 22.3 Å². The van der Waals surface area contributed by atoms with Gasteiger partial charge in [0.25, 0.3) is 0 Å². The highest BCUT2D eigenvalue weighted by Crippen LogP contribution is 2.31. The Bertz CT molecular complexity index is 1040. The average molecular weight is 483 g/mol. The molecule has 30 heavy (non-hydrogen) atoms. The van der Waals surface area contributed by atoms with Crippen LogP contribution in [0, 0.1) is 13.8 Å². The molecular weight excluding hydrogens is 461 g/mol. The standard InChI is InChI=1S/C22H22Cl3N3OS/c1-5-8-28-21(15(4)29-17-9-13(2)20(25)14(3)10-17)26-27-22(28)30-12-16-6-7-18(23)19(24)11-16/h5-7,9-11,15H,1,8,12H2,2-4H3. The fourth-order valence-corrected chi connectivity index (χ4v) is 4.34. The molecule has 0 aliphatic rings. The molecule has 1 unspecified atom stereocenters. The number of ether oxygens (including phenoxy) is 1. The maximum atomic E-state index is 6.27. The summed E-state index contributed by atoms with van der Waals surface area (Å²) in [4.78, 5) is 0. The minimum absolute atomic E-state index is 0.295. The van der Waals surface area contributed by atoms with Crippen LogP contribution in [0.5, 0.6) is 5.75 Å². The number of allylic oxidation sites excluding steroid dienone is 1. The molecule has 0 amide bonds. The number of aryl methyl sites for hydroxylation is 2. The summed E-state index contributed by atoms with van der Waals surface area (Å²) in [6.45, 7) is 10.3. The normalized spacial score (nSPS) is 12.1. The van der Waals surface area contributed by atoms with E-state index >= 15 is 0 Å².